The fourth-order valence-corrected chi connectivity index (χ4v) is 5.58. The number of hydrazine groups is 1. The SMILES string of the molecule is COC(=O)Nc1ccc2c(c1)NC(=O)CCCCC(c1ccc(-c3cc(Cl)ccc3N(N)/C=C(\N)C(=O)O)cn1)c1cccc-2c1. The smallest absolute Gasteiger partial charge is 0.411 e. The predicted octanol–water partition coefficient (Wildman–Crippen LogP) is 6.46. The highest BCUT2D eigenvalue weighted by Crippen LogP contribution is 2.38. The molecule has 5 rings (SSSR count). The van der Waals surface area contributed by atoms with Gasteiger partial charge in [-0.15, -0.1) is 0 Å². The Balaban J connectivity index is 1.51. The van der Waals surface area contributed by atoms with Gasteiger partial charge in [0, 0.05) is 51.6 Å². The summed E-state index contributed by atoms with van der Waals surface area (Å²) in [5, 5.41) is 16.5. The summed E-state index contributed by atoms with van der Waals surface area (Å²) < 4.78 is 4.71. The largest absolute Gasteiger partial charge is 0.477 e. The third-order valence-electron chi connectivity index (χ3n) is 7.69. The average Bonchev–Trinajstić information content (AvgIpc) is 3.04. The number of aliphatic carboxylic acids is 1. The second-order valence-corrected chi connectivity index (χ2v) is 11.2. The van der Waals surface area contributed by atoms with E-state index in [1.165, 1.54) is 7.11 Å². The number of ether oxygens (including phenoxy) is 1. The minimum atomic E-state index is -1.29. The first-order valence-electron chi connectivity index (χ1n) is 14.5. The van der Waals surface area contributed by atoms with Crippen LogP contribution in [0.25, 0.3) is 22.3 Å². The lowest BCUT2D eigenvalue weighted by Crippen LogP contribution is -2.28. The molecule has 1 atom stereocenters. The second kappa shape index (κ2) is 14.1. The number of benzene rings is 3. The molecule has 4 aromatic rings. The van der Waals surface area contributed by atoms with Crippen molar-refractivity contribution in [3.63, 3.8) is 0 Å². The summed E-state index contributed by atoms with van der Waals surface area (Å²) in [6.45, 7) is 0. The number of nitrogens with zero attached hydrogens (tertiary/aromatic N) is 2. The highest BCUT2D eigenvalue weighted by Gasteiger charge is 2.20. The Bertz CT molecular complexity index is 1810. The van der Waals surface area contributed by atoms with E-state index in [0.717, 1.165) is 52.0 Å². The molecule has 0 spiro atoms. The molecule has 2 heterocycles. The predicted molar refractivity (Wildman–Crippen MR) is 178 cm³/mol. The van der Waals surface area contributed by atoms with Gasteiger partial charge in [0.1, 0.15) is 5.70 Å². The molecule has 2 bridgehead atoms. The van der Waals surface area contributed by atoms with Crippen molar-refractivity contribution in [2.45, 2.75) is 31.6 Å². The lowest BCUT2D eigenvalue weighted by atomic mass is 9.87. The molecule has 1 aromatic heterocycles. The average molecular weight is 641 g/mol. The number of carbonyl (C=O) groups excluding carboxylic acids is 2. The Morgan fingerprint density at radius 3 is 2.63 bits per heavy atom. The second-order valence-electron chi connectivity index (χ2n) is 10.8. The van der Waals surface area contributed by atoms with Gasteiger partial charge in [0.2, 0.25) is 5.91 Å². The van der Waals surface area contributed by atoms with Gasteiger partial charge in [0.05, 0.1) is 24.7 Å². The fourth-order valence-electron chi connectivity index (χ4n) is 5.41. The lowest BCUT2D eigenvalue weighted by molar-refractivity contribution is -0.132. The van der Waals surface area contributed by atoms with Gasteiger partial charge in [-0.1, -0.05) is 54.4 Å². The fraction of sp³-hybridized carbons (Fsp3) is 0.176. The van der Waals surface area contributed by atoms with Crippen molar-refractivity contribution in [3.8, 4) is 22.3 Å². The van der Waals surface area contributed by atoms with E-state index < -0.39 is 17.8 Å². The molecule has 1 unspecified atom stereocenters. The van der Waals surface area contributed by atoms with Gasteiger partial charge < -0.3 is 20.9 Å². The molecule has 0 saturated heterocycles. The Kier molecular flexibility index (Phi) is 9.85. The number of aromatic nitrogens is 1. The molecule has 1 aliphatic rings. The quantitative estimate of drug-likeness (QED) is 0.0900. The van der Waals surface area contributed by atoms with E-state index in [-0.39, 0.29) is 11.8 Å². The van der Waals surface area contributed by atoms with Gasteiger partial charge in [-0.2, -0.15) is 0 Å². The van der Waals surface area contributed by atoms with Crippen LogP contribution in [-0.4, -0.2) is 35.2 Å². The van der Waals surface area contributed by atoms with Crippen LogP contribution in [0.2, 0.25) is 5.02 Å². The number of hydrogen-bond donors (Lipinski definition) is 5. The van der Waals surface area contributed by atoms with Crippen molar-refractivity contribution in [1.29, 1.82) is 0 Å². The van der Waals surface area contributed by atoms with Crippen LogP contribution in [0.3, 0.4) is 0 Å². The zero-order valence-corrected chi connectivity index (χ0v) is 25.8. The van der Waals surface area contributed by atoms with Gasteiger partial charge in [0.15, 0.2) is 0 Å². The summed E-state index contributed by atoms with van der Waals surface area (Å²) in [7, 11) is 1.29. The first-order valence-corrected chi connectivity index (χ1v) is 14.9. The van der Waals surface area contributed by atoms with E-state index in [2.05, 4.69) is 22.8 Å². The van der Waals surface area contributed by atoms with Crippen molar-refractivity contribution in [3.05, 3.63) is 107 Å². The molecule has 46 heavy (non-hydrogen) atoms. The number of amides is 2. The standard InChI is InChI=1S/C34H33ClN6O5/c1-46-34(45)39-24-11-12-26-21-6-4-5-20(15-21)25(7-2-3-8-32(42)40-30(26)17-24)29-13-9-22(18-38-29)27-16-23(35)10-14-31(27)41(37)19-28(36)33(43)44/h4-6,9-19,25H,2-3,7-8,36-37H2,1H3,(H,39,45)(H,40,42)(H,43,44)/b28-19-. The minimum absolute atomic E-state index is 0.0525. The molecule has 0 saturated carbocycles. The molecule has 0 radical (unpaired) electrons. The Labute approximate surface area is 270 Å². The zero-order valence-electron chi connectivity index (χ0n) is 25.0. The number of nitrogens with one attached hydrogen (secondary N) is 2. The summed E-state index contributed by atoms with van der Waals surface area (Å²) in [5.74, 6) is 4.71. The van der Waals surface area contributed by atoms with Gasteiger partial charge in [-0.25, -0.2) is 15.4 Å². The van der Waals surface area contributed by atoms with Crippen LogP contribution in [0.1, 0.15) is 42.9 Å². The molecule has 0 aliphatic carbocycles. The summed E-state index contributed by atoms with van der Waals surface area (Å²) in [4.78, 5) is 40.8. The van der Waals surface area contributed by atoms with E-state index >= 15 is 0 Å². The Morgan fingerprint density at radius 1 is 1.07 bits per heavy atom. The van der Waals surface area contributed by atoms with Crippen LogP contribution < -0.4 is 27.2 Å². The summed E-state index contributed by atoms with van der Waals surface area (Å²) >= 11 is 6.32. The molecule has 2 amide bonds. The van der Waals surface area contributed by atoms with Crippen LogP contribution >= 0.6 is 11.6 Å². The van der Waals surface area contributed by atoms with Gasteiger partial charge >= 0.3 is 12.1 Å². The molecular weight excluding hydrogens is 608 g/mol. The van der Waals surface area contributed by atoms with Crippen molar-refractivity contribution in [2.24, 2.45) is 11.6 Å². The molecular formula is C34H33ClN6O5. The van der Waals surface area contributed by atoms with E-state index in [4.69, 9.17) is 32.9 Å². The maximum Gasteiger partial charge on any atom is 0.411 e. The van der Waals surface area contributed by atoms with Crippen LogP contribution in [0.5, 0.6) is 0 Å². The van der Waals surface area contributed by atoms with Crippen molar-refractivity contribution < 1.29 is 24.2 Å². The van der Waals surface area contributed by atoms with Gasteiger partial charge in [0.25, 0.3) is 0 Å². The van der Waals surface area contributed by atoms with Gasteiger partial charge in [-0.3, -0.25) is 20.1 Å². The third kappa shape index (κ3) is 7.45. The van der Waals surface area contributed by atoms with Crippen LogP contribution in [0.4, 0.5) is 21.9 Å². The topological polar surface area (TPSA) is 173 Å². The maximum atomic E-state index is 12.9. The molecule has 1 aliphatic heterocycles. The van der Waals surface area contributed by atoms with Gasteiger partial charge in [-0.05, 0) is 60.4 Å². The first-order chi connectivity index (χ1) is 22.1. The monoisotopic (exact) mass is 640 g/mol. The zero-order chi connectivity index (χ0) is 32.8. The summed E-state index contributed by atoms with van der Waals surface area (Å²) in [6.07, 6.45) is 4.85. The first kappa shape index (κ1) is 32.0. The van der Waals surface area contributed by atoms with Crippen LogP contribution in [0.15, 0.2) is 90.9 Å². The maximum absolute atomic E-state index is 12.9. The number of rotatable bonds is 6. The van der Waals surface area contributed by atoms with Crippen LogP contribution in [-0.2, 0) is 14.3 Å². The molecule has 7 N–H and O–H groups in total. The highest BCUT2D eigenvalue weighted by atomic mass is 35.5. The Morgan fingerprint density at radius 2 is 1.89 bits per heavy atom. The molecule has 3 aromatic carbocycles. The number of carbonyl (C=O) groups is 3. The number of nitrogens with two attached hydrogens (primary N) is 2. The number of carboxylic acids is 1. The lowest BCUT2D eigenvalue weighted by Gasteiger charge is -2.21. The van der Waals surface area contributed by atoms with E-state index in [1.54, 1.807) is 36.5 Å². The number of halogens is 1. The molecule has 12 heteroatoms. The number of methoxy groups -OCH3 is 1. The number of hydrogen-bond acceptors (Lipinski definition) is 8. The number of fused-ring (bicyclic) bond motifs is 4. The molecule has 11 nitrogen and oxygen atoms in total. The minimum Gasteiger partial charge on any atom is -0.477 e. The highest BCUT2D eigenvalue weighted by molar-refractivity contribution is 6.31. The number of pyridine rings is 1. The van der Waals surface area contributed by atoms with Crippen molar-refractivity contribution in [2.75, 3.05) is 22.8 Å². The van der Waals surface area contributed by atoms with E-state index in [9.17, 15) is 19.5 Å². The van der Waals surface area contributed by atoms with E-state index in [0.29, 0.717) is 40.5 Å². The summed E-state index contributed by atoms with van der Waals surface area (Å²) in [5.41, 5.74) is 11.7. The van der Waals surface area contributed by atoms with Crippen molar-refractivity contribution >= 4 is 46.6 Å². The normalized spacial score (nSPS) is 15.0. The Hall–Kier alpha value is -5.39. The third-order valence-corrected chi connectivity index (χ3v) is 7.92. The van der Waals surface area contributed by atoms with Crippen LogP contribution in [0, 0.1) is 0 Å². The molecule has 0 fully saturated rings. The number of carboxylic acid groups (broad SMARTS) is 1. The molecule has 236 valence electrons. The van der Waals surface area contributed by atoms with Crippen molar-refractivity contribution in [1.82, 2.24) is 4.98 Å². The number of anilines is 3. The van der Waals surface area contributed by atoms with E-state index in [1.807, 2.05) is 30.3 Å². The summed E-state index contributed by atoms with van der Waals surface area (Å²) in [6, 6.07) is 22.4.